The van der Waals surface area contributed by atoms with Crippen LogP contribution >= 0.6 is 0 Å². The molecular weight excluding hydrogens is 176 g/mol. The van der Waals surface area contributed by atoms with Gasteiger partial charge in [0.2, 0.25) is 0 Å². The van der Waals surface area contributed by atoms with Gasteiger partial charge in [0.25, 0.3) is 0 Å². The number of nitrogens with two attached hydrogens (primary N) is 1. The van der Waals surface area contributed by atoms with E-state index in [2.05, 4.69) is 25.8 Å². The summed E-state index contributed by atoms with van der Waals surface area (Å²) in [6.07, 6.45) is 2.52. The molecule has 0 aromatic rings. The molecule has 0 amide bonds. The van der Waals surface area contributed by atoms with Crippen LogP contribution < -0.4 is 5.73 Å². The molecule has 0 saturated carbocycles. The molecule has 1 rings (SSSR count). The Balaban J connectivity index is 2.25. The maximum Gasteiger partial charge on any atom is 0.0853 e. The Bertz CT molecular complexity index is 161. The Hall–Kier alpha value is -0.120. The van der Waals surface area contributed by atoms with Crippen LogP contribution in [0.4, 0.5) is 0 Å². The molecule has 0 aliphatic carbocycles. The Kier molecular flexibility index (Phi) is 4.85. The number of nitrogens with zero attached hydrogens (tertiary/aromatic N) is 1. The van der Waals surface area contributed by atoms with E-state index in [-0.39, 0.29) is 12.1 Å². The molecular formula is C11H24N2O. The molecule has 3 nitrogen and oxygen atoms in total. The summed E-state index contributed by atoms with van der Waals surface area (Å²) >= 11 is 0. The first-order valence-corrected chi connectivity index (χ1v) is 5.65. The lowest BCUT2D eigenvalue weighted by atomic mass is 9.99. The fraction of sp³-hybridized carbons (Fsp3) is 1.00. The van der Waals surface area contributed by atoms with E-state index in [1.54, 1.807) is 0 Å². The predicted molar refractivity (Wildman–Crippen MR) is 59.3 cm³/mol. The highest BCUT2D eigenvalue weighted by molar-refractivity contribution is 4.79. The van der Waals surface area contributed by atoms with Crippen LogP contribution in [0.3, 0.4) is 0 Å². The quantitative estimate of drug-likeness (QED) is 0.738. The zero-order valence-electron chi connectivity index (χ0n) is 9.70. The van der Waals surface area contributed by atoms with Gasteiger partial charge in [0, 0.05) is 19.1 Å². The molecule has 2 unspecified atom stereocenters. The minimum Gasteiger partial charge on any atom is -0.374 e. The van der Waals surface area contributed by atoms with E-state index >= 15 is 0 Å². The van der Waals surface area contributed by atoms with Crippen molar-refractivity contribution in [2.75, 3.05) is 26.7 Å². The summed E-state index contributed by atoms with van der Waals surface area (Å²) in [4.78, 5) is 2.30. The Morgan fingerprint density at radius 1 is 1.43 bits per heavy atom. The second kappa shape index (κ2) is 5.69. The molecule has 1 aliphatic heterocycles. The Labute approximate surface area is 87.6 Å². The molecule has 0 aromatic heterocycles. The van der Waals surface area contributed by atoms with Crippen molar-refractivity contribution in [3.05, 3.63) is 0 Å². The van der Waals surface area contributed by atoms with Gasteiger partial charge < -0.3 is 15.4 Å². The fourth-order valence-electron chi connectivity index (χ4n) is 1.78. The van der Waals surface area contributed by atoms with E-state index in [4.69, 9.17) is 10.5 Å². The van der Waals surface area contributed by atoms with E-state index in [9.17, 15) is 0 Å². The molecule has 1 fully saturated rings. The van der Waals surface area contributed by atoms with Crippen LogP contribution in [-0.2, 0) is 4.74 Å². The number of morpholine rings is 1. The highest BCUT2D eigenvalue weighted by Crippen LogP contribution is 2.13. The number of rotatable bonds is 4. The molecule has 2 N–H and O–H groups in total. The molecule has 0 aromatic carbocycles. The van der Waals surface area contributed by atoms with Gasteiger partial charge in [-0.15, -0.1) is 0 Å². The van der Waals surface area contributed by atoms with Crippen molar-refractivity contribution in [3.63, 3.8) is 0 Å². The van der Waals surface area contributed by atoms with Gasteiger partial charge >= 0.3 is 0 Å². The SMILES string of the molecule is CC(C)CCC(N)C1CN(C)CCO1. The topological polar surface area (TPSA) is 38.5 Å². The van der Waals surface area contributed by atoms with Crippen LogP contribution in [0, 0.1) is 5.92 Å². The second-order valence-electron chi connectivity index (χ2n) is 4.81. The van der Waals surface area contributed by atoms with E-state index < -0.39 is 0 Å². The van der Waals surface area contributed by atoms with Gasteiger partial charge in [0.15, 0.2) is 0 Å². The third-order valence-corrected chi connectivity index (χ3v) is 2.85. The molecule has 14 heavy (non-hydrogen) atoms. The first-order valence-electron chi connectivity index (χ1n) is 5.65. The van der Waals surface area contributed by atoms with E-state index in [0.29, 0.717) is 0 Å². The molecule has 0 spiro atoms. The van der Waals surface area contributed by atoms with E-state index in [0.717, 1.165) is 32.0 Å². The van der Waals surface area contributed by atoms with Gasteiger partial charge in [0.1, 0.15) is 0 Å². The largest absolute Gasteiger partial charge is 0.374 e. The average Bonchev–Trinajstić information content (AvgIpc) is 2.14. The van der Waals surface area contributed by atoms with Crippen molar-refractivity contribution < 1.29 is 4.74 Å². The normalized spacial score (nSPS) is 26.8. The molecule has 84 valence electrons. The van der Waals surface area contributed by atoms with Crippen LogP contribution in [0.15, 0.2) is 0 Å². The standard InChI is InChI=1S/C11H24N2O/c1-9(2)4-5-10(12)11-8-13(3)6-7-14-11/h9-11H,4-8,12H2,1-3H3. The minimum absolute atomic E-state index is 0.208. The summed E-state index contributed by atoms with van der Waals surface area (Å²) in [5, 5.41) is 0. The Morgan fingerprint density at radius 2 is 2.14 bits per heavy atom. The predicted octanol–water partition coefficient (Wildman–Crippen LogP) is 1.08. The van der Waals surface area contributed by atoms with Crippen molar-refractivity contribution in [1.82, 2.24) is 4.90 Å². The monoisotopic (exact) mass is 200 g/mol. The molecule has 1 saturated heterocycles. The fourth-order valence-corrected chi connectivity index (χ4v) is 1.78. The van der Waals surface area contributed by atoms with Crippen molar-refractivity contribution in [1.29, 1.82) is 0 Å². The van der Waals surface area contributed by atoms with Gasteiger partial charge in [-0.1, -0.05) is 13.8 Å². The number of ether oxygens (including phenoxy) is 1. The summed E-state index contributed by atoms with van der Waals surface area (Å²) in [5.74, 6) is 0.738. The number of hydrogen-bond donors (Lipinski definition) is 1. The van der Waals surface area contributed by atoms with Crippen LogP contribution in [0.5, 0.6) is 0 Å². The molecule has 1 aliphatic rings. The van der Waals surface area contributed by atoms with Crippen molar-refractivity contribution in [2.45, 2.75) is 38.8 Å². The zero-order chi connectivity index (χ0) is 10.6. The summed E-state index contributed by atoms with van der Waals surface area (Å²) < 4.78 is 5.68. The second-order valence-corrected chi connectivity index (χ2v) is 4.81. The van der Waals surface area contributed by atoms with Gasteiger partial charge in [0.05, 0.1) is 12.7 Å². The lowest BCUT2D eigenvalue weighted by Gasteiger charge is -2.33. The summed E-state index contributed by atoms with van der Waals surface area (Å²) in [6.45, 7) is 7.32. The number of likely N-dealkylation sites (N-methyl/N-ethyl adjacent to an activating group) is 1. The van der Waals surface area contributed by atoms with Crippen LogP contribution in [0.1, 0.15) is 26.7 Å². The third kappa shape index (κ3) is 3.95. The molecule has 0 radical (unpaired) electrons. The highest BCUT2D eigenvalue weighted by atomic mass is 16.5. The van der Waals surface area contributed by atoms with Crippen molar-refractivity contribution in [3.8, 4) is 0 Å². The zero-order valence-corrected chi connectivity index (χ0v) is 9.70. The maximum absolute atomic E-state index is 6.11. The lowest BCUT2D eigenvalue weighted by Crippen LogP contribution is -2.49. The molecule has 1 heterocycles. The van der Waals surface area contributed by atoms with Crippen molar-refractivity contribution in [2.24, 2.45) is 11.7 Å². The Morgan fingerprint density at radius 3 is 2.71 bits per heavy atom. The molecule has 0 bridgehead atoms. The van der Waals surface area contributed by atoms with Gasteiger partial charge in [-0.05, 0) is 25.8 Å². The first kappa shape index (κ1) is 12.0. The van der Waals surface area contributed by atoms with E-state index in [1.807, 2.05) is 0 Å². The van der Waals surface area contributed by atoms with E-state index in [1.165, 1.54) is 6.42 Å². The van der Waals surface area contributed by atoms with Gasteiger partial charge in [-0.2, -0.15) is 0 Å². The summed E-state index contributed by atoms with van der Waals surface area (Å²) in [5.41, 5.74) is 6.11. The first-order chi connectivity index (χ1) is 6.59. The summed E-state index contributed by atoms with van der Waals surface area (Å²) in [7, 11) is 2.13. The average molecular weight is 200 g/mol. The van der Waals surface area contributed by atoms with Crippen LogP contribution in [0.25, 0.3) is 0 Å². The minimum atomic E-state index is 0.208. The van der Waals surface area contributed by atoms with Gasteiger partial charge in [-0.25, -0.2) is 0 Å². The lowest BCUT2D eigenvalue weighted by molar-refractivity contribution is -0.0338. The maximum atomic E-state index is 6.11. The van der Waals surface area contributed by atoms with Gasteiger partial charge in [-0.3, -0.25) is 0 Å². The number of hydrogen-bond acceptors (Lipinski definition) is 3. The molecule has 2 atom stereocenters. The van der Waals surface area contributed by atoms with Crippen molar-refractivity contribution >= 4 is 0 Å². The smallest absolute Gasteiger partial charge is 0.0853 e. The summed E-state index contributed by atoms with van der Waals surface area (Å²) in [6, 6.07) is 0.208. The highest BCUT2D eigenvalue weighted by Gasteiger charge is 2.23. The third-order valence-electron chi connectivity index (χ3n) is 2.85. The van der Waals surface area contributed by atoms with Crippen LogP contribution in [0.2, 0.25) is 0 Å². The van der Waals surface area contributed by atoms with Crippen LogP contribution in [-0.4, -0.2) is 43.8 Å². The molecule has 3 heteroatoms.